The Morgan fingerprint density at radius 3 is 1.79 bits per heavy atom. The van der Waals surface area contributed by atoms with Gasteiger partial charge in [-0.2, -0.15) is 38.5 Å². The van der Waals surface area contributed by atoms with Crippen molar-refractivity contribution in [3.05, 3.63) is 0 Å². The standard InChI is InChI=1S/C21H38N4S4/c1-8-10-12-25(13-11-9-2)19-22-20(26-7)24-21(23-19)29-18-16(5)27-14(3)15(4)28-17(18)6/h14-18H,8-13H2,1-7H3. The predicted molar refractivity (Wildman–Crippen MR) is 136 cm³/mol. The number of unbranched alkanes of at least 4 members (excludes halogenated alkanes) is 2. The van der Waals surface area contributed by atoms with Crippen molar-refractivity contribution in [3.63, 3.8) is 0 Å². The van der Waals surface area contributed by atoms with Gasteiger partial charge in [0.2, 0.25) is 5.95 Å². The van der Waals surface area contributed by atoms with Crippen LogP contribution in [0.3, 0.4) is 0 Å². The molecule has 0 aromatic carbocycles. The van der Waals surface area contributed by atoms with E-state index in [1.165, 1.54) is 25.7 Å². The van der Waals surface area contributed by atoms with Gasteiger partial charge in [0.05, 0.1) is 0 Å². The normalized spacial score (nSPS) is 27.6. The van der Waals surface area contributed by atoms with Crippen LogP contribution in [0.1, 0.15) is 67.2 Å². The van der Waals surface area contributed by atoms with Crippen LogP contribution in [0.5, 0.6) is 0 Å². The van der Waals surface area contributed by atoms with E-state index >= 15 is 0 Å². The molecule has 1 fully saturated rings. The molecule has 4 unspecified atom stereocenters. The van der Waals surface area contributed by atoms with Gasteiger partial charge >= 0.3 is 0 Å². The third kappa shape index (κ3) is 7.69. The average Bonchev–Trinajstić information content (AvgIpc) is 2.79. The van der Waals surface area contributed by atoms with Crippen molar-refractivity contribution in [1.82, 2.24) is 15.0 Å². The SMILES string of the molecule is CCCCN(CCCC)c1nc(SC)nc(SC2C(C)SC(C)C(C)SC2C)n1. The fourth-order valence-corrected chi connectivity index (χ4v) is 8.46. The minimum absolute atomic E-state index is 0.502. The second-order valence-corrected chi connectivity index (χ2v) is 13.2. The maximum atomic E-state index is 4.95. The van der Waals surface area contributed by atoms with E-state index < -0.39 is 0 Å². The highest BCUT2D eigenvalue weighted by molar-refractivity contribution is 8.08. The van der Waals surface area contributed by atoms with Crippen LogP contribution in [0.25, 0.3) is 0 Å². The van der Waals surface area contributed by atoms with Gasteiger partial charge in [-0.25, -0.2) is 0 Å². The molecule has 0 saturated carbocycles. The smallest absolute Gasteiger partial charge is 0.230 e. The summed E-state index contributed by atoms with van der Waals surface area (Å²) in [5, 5.41) is 4.75. The molecule has 0 N–H and O–H groups in total. The number of nitrogens with zero attached hydrogens (tertiary/aromatic N) is 4. The zero-order chi connectivity index (χ0) is 21.4. The summed E-state index contributed by atoms with van der Waals surface area (Å²) in [4.78, 5) is 16.9. The van der Waals surface area contributed by atoms with Gasteiger partial charge in [-0.1, -0.05) is 77.9 Å². The topological polar surface area (TPSA) is 41.9 Å². The summed E-state index contributed by atoms with van der Waals surface area (Å²) in [7, 11) is 0. The summed E-state index contributed by atoms with van der Waals surface area (Å²) < 4.78 is 0. The predicted octanol–water partition coefficient (Wildman–Crippen LogP) is 6.49. The second-order valence-electron chi connectivity index (χ2n) is 7.77. The van der Waals surface area contributed by atoms with Crippen LogP contribution in [0.15, 0.2) is 10.3 Å². The van der Waals surface area contributed by atoms with E-state index in [0.717, 1.165) is 29.4 Å². The molecular formula is C21H38N4S4. The van der Waals surface area contributed by atoms with Gasteiger partial charge in [-0.05, 0) is 19.1 Å². The first-order valence-corrected chi connectivity index (χ1v) is 14.9. The van der Waals surface area contributed by atoms with Crippen molar-refractivity contribution >= 4 is 53.0 Å². The largest absolute Gasteiger partial charge is 0.341 e. The van der Waals surface area contributed by atoms with E-state index in [4.69, 9.17) is 15.0 Å². The Hall–Kier alpha value is 0.210. The van der Waals surface area contributed by atoms with Crippen molar-refractivity contribution in [1.29, 1.82) is 0 Å². The van der Waals surface area contributed by atoms with Crippen LogP contribution in [0.4, 0.5) is 5.95 Å². The molecule has 0 aliphatic carbocycles. The molecule has 4 atom stereocenters. The molecule has 0 spiro atoms. The molecule has 0 radical (unpaired) electrons. The van der Waals surface area contributed by atoms with Crippen molar-refractivity contribution < 1.29 is 0 Å². The zero-order valence-electron chi connectivity index (χ0n) is 19.1. The summed E-state index contributed by atoms with van der Waals surface area (Å²) >= 11 is 7.71. The van der Waals surface area contributed by atoms with Gasteiger partial charge in [0.25, 0.3) is 0 Å². The maximum absolute atomic E-state index is 4.95. The number of aromatic nitrogens is 3. The van der Waals surface area contributed by atoms with E-state index in [1.54, 1.807) is 11.8 Å². The molecule has 1 aliphatic heterocycles. The Balaban J connectivity index is 2.26. The lowest BCUT2D eigenvalue weighted by Gasteiger charge is -2.26. The average molecular weight is 475 g/mol. The lowest BCUT2D eigenvalue weighted by molar-refractivity contribution is 0.644. The number of thioether (sulfide) groups is 4. The Kier molecular flexibility index (Phi) is 11.3. The zero-order valence-corrected chi connectivity index (χ0v) is 22.3. The van der Waals surface area contributed by atoms with Gasteiger partial charge in [0.15, 0.2) is 10.3 Å². The van der Waals surface area contributed by atoms with Crippen LogP contribution < -0.4 is 4.90 Å². The van der Waals surface area contributed by atoms with E-state index in [1.807, 2.05) is 11.8 Å². The molecule has 4 nitrogen and oxygen atoms in total. The van der Waals surface area contributed by atoms with Crippen molar-refractivity contribution in [2.45, 2.75) is 104 Å². The Morgan fingerprint density at radius 1 is 0.793 bits per heavy atom. The first-order valence-electron chi connectivity index (χ1n) is 10.9. The van der Waals surface area contributed by atoms with E-state index in [-0.39, 0.29) is 0 Å². The summed E-state index contributed by atoms with van der Waals surface area (Å²) in [6, 6.07) is 0. The fourth-order valence-electron chi connectivity index (χ4n) is 3.37. The number of hydrogen-bond acceptors (Lipinski definition) is 8. The third-order valence-corrected chi connectivity index (χ3v) is 11.0. The summed E-state index contributed by atoms with van der Waals surface area (Å²) in [5.74, 6) is 0.865. The lowest BCUT2D eigenvalue weighted by Crippen LogP contribution is -2.29. The van der Waals surface area contributed by atoms with Crippen LogP contribution >= 0.6 is 47.0 Å². The molecular weight excluding hydrogens is 437 g/mol. The number of rotatable bonds is 10. The Bertz CT molecular complexity index is 594. The summed E-state index contributed by atoms with van der Waals surface area (Å²) in [5.41, 5.74) is 0. The van der Waals surface area contributed by atoms with E-state index in [9.17, 15) is 0 Å². The Morgan fingerprint density at radius 2 is 1.31 bits per heavy atom. The lowest BCUT2D eigenvalue weighted by atomic mass is 10.2. The molecule has 1 aromatic rings. The van der Waals surface area contributed by atoms with Gasteiger partial charge in [0, 0.05) is 39.3 Å². The quantitative estimate of drug-likeness (QED) is 0.356. The van der Waals surface area contributed by atoms with Crippen LogP contribution in [0, 0.1) is 0 Å². The van der Waals surface area contributed by atoms with Crippen LogP contribution in [-0.4, -0.2) is 60.5 Å². The van der Waals surface area contributed by atoms with Gasteiger partial charge < -0.3 is 4.90 Å². The molecule has 2 heterocycles. The van der Waals surface area contributed by atoms with E-state index in [2.05, 4.69) is 76.2 Å². The van der Waals surface area contributed by atoms with Crippen LogP contribution in [0.2, 0.25) is 0 Å². The molecule has 8 heteroatoms. The monoisotopic (exact) mass is 474 g/mol. The molecule has 2 rings (SSSR count). The van der Waals surface area contributed by atoms with E-state index in [0.29, 0.717) is 26.2 Å². The highest BCUT2D eigenvalue weighted by Crippen LogP contribution is 2.44. The molecule has 1 saturated heterocycles. The van der Waals surface area contributed by atoms with Crippen molar-refractivity contribution in [3.8, 4) is 0 Å². The molecule has 1 aliphatic rings. The number of hydrogen-bond donors (Lipinski definition) is 0. The molecule has 1 aromatic heterocycles. The van der Waals surface area contributed by atoms with Crippen molar-refractivity contribution in [2.75, 3.05) is 24.2 Å². The summed E-state index contributed by atoms with van der Waals surface area (Å²) in [6.07, 6.45) is 6.78. The van der Waals surface area contributed by atoms with Gasteiger partial charge in [-0.15, -0.1) is 0 Å². The molecule has 0 amide bonds. The molecule has 0 bridgehead atoms. The minimum atomic E-state index is 0.502. The first kappa shape index (κ1) is 25.5. The maximum Gasteiger partial charge on any atom is 0.230 e. The second kappa shape index (κ2) is 12.9. The first-order chi connectivity index (χ1) is 13.9. The van der Waals surface area contributed by atoms with Gasteiger partial charge in [0.1, 0.15) is 0 Å². The molecule has 166 valence electrons. The molecule has 29 heavy (non-hydrogen) atoms. The van der Waals surface area contributed by atoms with Gasteiger partial charge in [-0.3, -0.25) is 0 Å². The van der Waals surface area contributed by atoms with Crippen molar-refractivity contribution in [2.24, 2.45) is 0 Å². The van der Waals surface area contributed by atoms with Crippen LogP contribution in [-0.2, 0) is 0 Å². The third-order valence-electron chi connectivity index (χ3n) is 5.30. The highest BCUT2D eigenvalue weighted by atomic mass is 32.2. The number of anilines is 1. The fraction of sp³-hybridized carbons (Fsp3) is 0.857. The minimum Gasteiger partial charge on any atom is -0.341 e. The summed E-state index contributed by atoms with van der Waals surface area (Å²) in [6.45, 7) is 16.0. The highest BCUT2D eigenvalue weighted by Gasteiger charge is 2.34. The Labute approximate surface area is 195 Å².